The number of hydrogen-bond donors (Lipinski definition) is 2. The smallest absolute Gasteiger partial charge is 0.331 e. The fourth-order valence-electron chi connectivity index (χ4n) is 1.37. The number of unbranched alkanes of at least 4 members (excludes halogenated alkanes) is 3. The third kappa shape index (κ3) is 7.04. The molecule has 0 aliphatic rings. The van der Waals surface area contributed by atoms with E-state index in [4.69, 9.17) is 5.11 Å². The number of carboxylic acids is 1. The first-order valence-corrected chi connectivity index (χ1v) is 5.83. The Kier molecular flexibility index (Phi) is 8.21. The molecule has 16 heavy (non-hydrogen) atoms. The Bertz CT molecular complexity index is 259. The van der Waals surface area contributed by atoms with Gasteiger partial charge in [0.05, 0.1) is 0 Å². The van der Waals surface area contributed by atoms with Crippen LogP contribution in [0.25, 0.3) is 0 Å². The first kappa shape index (κ1) is 14.7. The quantitative estimate of drug-likeness (QED) is 0.493. The lowest BCUT2D eigenvalue weighted by Gasteiger charge is -2.02. The highest BCUT2D eigenvalue weighted by atomic mass is 16.4. The van der Waals surface area contributed by atoms with E-state index in [2.05, 4.69) is 12.2 Å². The Balaban J connectivity index is 4.16. The van der Waals surface area contributed by atoms with Crippen molar-refractivity contribution in [1.29, 1.82) is 0 Å². The highest BCUT2D eigenvalue weighted by Gasteiger charge is 2.08. The summed E-state index contributed by atoms with van der Waals surface area (Å²) in [5, 5.41) is 11.5. The molecule has 1 amide bonds. The van der Waals surface area contributed by atoms with Crippen LogP contribution in [-0.2, 0) is 9.59 Å². The summed E-state index contributed by atoms with van der Waals surface area (Å²) in [6, 6.07) is 0. The zero-order chi connectivity index (χ0) is 12.4. The van der Waals surface area contributed by atoms with Gasteiger partial charge >= 0.3 is 5.97 Å². The third-order valence-corrected chi connectivity index (χ3v) is 2.23. The Morgan fingerprint density at radius 3 is 2.38 bits per heavy atom. The maximum Gasteiger partial charge on any atom is 0.331 e. The van der Waals surface area contributed by atoms with Crippen LogP contribution in [0.15, 0.2) is 11.6 Å². The maximum absolute atomic E-state index is 11.2. The van der Waals surface area contributed by atoms with Crippen LogP contribution in [-0.4, -0.2) is 23.5 Å². The van der Waals surface area contributed by atoms with Gasteiger partial charge in [0.25, 0.3) is 0 Å². The lowest BCUT2D eigenvalue weighted by Crippen LogP contribution is -2.21. The maximum atomic E-state index is 11.2. The Labute approximate surface area is 96.7 Å². The van der Waals surface area contributed by atoms with Crippen LogP contribution in [0.5, 0.6) is 0 Å². The average Bonchev–Trinajstić information content (AvgIpc) is 2.22. The van der Waals surface area contributed by atoms with Crippen LogP contribution >= 0.6 is 0 Å². The predicted octanol–water partition coefficient (Wildman–Crippen LogP) is 2.10. The van der Waals surface area contributed by atoms with Crippen molar-refractivity contribution in [2.24, 2.45) is 0 Å². The van der Waals surface area contributed by atoms with Crippen LogP contribution in [0, 0.1) is 0 Å². The van der Waals surface area contributed by atoms with Crippen molar-refractivity contribution in [3.05, 3.63) is 11.6 Å². The molecule has 0 aliphatic heterocycles. The summed E-state index contributed by atoms with van der Waals surface area (Å²) in [5.41, 5.74) is 0.196. The SMILES string of the molecule is CCCCCC/C(=C/C(=O)NCC)C(=O)O. The zero-order valence-electron chi connectivity index (χ0n) is 10.1. The minimum absolute atomic E-state index is 0.196. The average molecular weight is 227 g/mol. The molecule has 0 spiro atoms. The summed E-state index contributed by atoms with van der Waals surface area (Å²) in [7, 11) is 0. The molecule has 4 nitrogen and oxygen atoms in total. The Morgan fingerprint density at radius 2 is 1.88 bits per heavy atom. The van der Waals surface area contributed by atoms with E-state index < -0.39 is 5.97 Å². The van der Waals surface area contributed by atoms with Crippen LogP contribution in [0.3, 0.4) is 0 Å². The van der Waals surface area contributed by atoms with Gasteiger partial charge in [-0.1, -0.05) is 26.2 Å². The molecule has 0 aromatic carbocycles. The summed E-state index contributed by atoms with van der Waals surface area (Å²) in [5.74, 6) is -1.32. The molecule has 0 heterocycles. The second-order valence-electron chi connectivity index (χ2n) is 3.68. The first-order chi connectivity index (χ1) is 7.61. The van der Waals surface area contributed by atoms with Crippen LogP contribution < -0.4 is 5.32 Å². The van der Waals surface area contributed by atoms with Gasteiger partial charge in [-0.3, -0.25) is 4.79 Å². The summed E-state index contributed by atoms with van der Waals surface area (Å²) in [6.07, 6.45) is 5.71. The number of rotatable bonds is 8. The van der Waals surface area contributed by atoms with Crippen LogP contribution in [0.2, 0.25) is 0 Å². The van der Waals surface area contributed by atoms with Crippen molar-refractivity contribution in [2.45, 2.75) is 46.0 Å². The van der Waals surface area contributed by atoms with Crippen molar-refractivity contribution in [3.8, 4) is 0 Å². The van der Waals surface area contributed by atoms with E-state index in [9.17, 15) is 9.59 Å². The fraction of sp³-hybridized carbons (Fsp3) is 0.667. The normalized spacial score (nSPS) is 11.2. The predicted molar refractivity (Wildman–Crippen MR) is 63.2 cm³/mol. The summed E-state index contributed by atoms with van der Waals surface area (Å²) < 4.78 is 0. The fourth-order valence-corrected chi connectivity index (χ4v) is 1.37. The van der Waals surface area contributed by atoms with E-state index in [1.54, 1.807) is 6.92 Å². The molecule has 0 aromatic rings. The van der Waals surface area contributed by atoms with Gasteiger partial charge in [0, 0.05) is 18.2 Å². The van der Waals surface area contributed by atoms with E-state index in [1.807, 2.05) is 0 Å². The molecule has 0 bridgehead atoms. The number of carboxylic acid groups (broad SMARTS) is 1. The highest BCUT2D eigenvalue weighted by Crippen LogP contribution is 2.10. The Hall–Kier alpha value is -1.32. The molecular weight excluding hydrogens is 206 g/mol. The molecule has 0 atom stereocenters. The minimum Gasteiger partial charge on any atom is -0.478 e. The van der Waals surface area contributed by atoms with Gasteiger partial charge in [-0.25, -0.2) is 4.79 Å². The molecule has 0 radical (unpaired) electrons. The van der Waals surface area contributed by atoms with Gasteiger partial charge in [-0.15, -0.1) is 0 Å². The second kappa shape index (κ2) is 8.95. The van der Waals surface area contributed by atoms with Gasteiger partial charge in [0.1, 0.15) is 0 Å². The number of nitrogens with one attached hydrogen (secondary N) is 1. The molecular formula is C12H21NO3. The number of carbonyl (C=O) groups is 2. The molecule has 0 saturated carbocycles. The van der Waals surface area contributed by atoms with Gasteiger partial charge in [0.2, 0.25) is 5.91 Å². The van der Waals surface area contributed by atoms with E-state index in [-0.39, 0.29) is 11.5 Å². The molecule has 0 rings (SSSR count). The number of aliphatic carboxylic acids is 1. The van der Waals surface area contributed by atoms with Gasteiger partial charge in [-0.05, 0) is 19.8 Å². The summed E-state index contributed by atoms with van der Waals surface area (Å²) in [6.45, 7) is 4.41. The highest BCUT2D eigenvalue weighted by molar-refractivity contribution is 5.97. The van der Waals surface area contributed by atoms with Crippen molar-refractivity contribution in [3.63, 3.8) is 0 Å². The molecule has 92 valence electrons. The van der Waals surface area contributed by atoms with Crippen molar-refractivity contribution >= 4 is 11.9 Å². The lowest BCUT2D eigenvalue weighted by atomic mass is 10.1. The van der Waals surface area contributed by atoms with E-state index >= 15 is 0 Å². The molecule has 4 heteroatoms. The van der Waals surface area contributed by atoms with Gasteiger partial charge < -0.3 is 10.4 Å². The summed E-state index contributed by atoms with van der Waals surface area (Å²) in [4.78, 5) is 22.1. The monoisotopic (exact) mass is 227 g/mol. The molecule has 0 unspecified atom stereocenters. The van der Waals surface area contributed by atoms with Crippen molar-refractivity contribution < 1.29 is 14.7 Å². The number of likely N-dealkylation sites (N-methyl/N-ethyl adjacent to an activating group) is 1. The van der Waals surface area contributed by atoms with Crippen molar-refractivity contribution in [1.82, 2.24) is 5.32 Å². The number of amides is 1. The van der Waals surface area contributed by atoms with Gasteiger partial charge in [0.15, 0.2) is 0 Å². The van der Waals surface area contributed by atoms with Crippen LogP contribution in [0.4, 0.5) is 0 Å². The Morgan fingerprint density at radius 1 is 1.19 bits per heavy atom. The first-order valence-electron chi connectivity index (χ1n) is 5.83. The number of carbonyl (C=O) groups excluding carboxylic acids is 1. The van der Waals surface area contributed by atoms with Gasteiger partial charge in [-0.2, -0.15) is 0 Å². The molecule has 0 fully saturated rings. The largest absolute Gasteiger partial charge is 0.478 e. The zero-order valence-corrected chi connectivity index (χ0v) is 10.1. The second-order valence-corrected chi connectivity index (χ2v) is 3.68. The van der Waals surface area contributed by atoms with E-state index in [0.717, 1.165) is 25.7 Å². The lowest BCUT2D eigenvalue weighted by molar-refractivity contribution is -0.133. The van der Waals surface area contributed by atoms with Crippen LogP contribution in [0.1, 0.15) is 46.0 Å². The third-order valence-electron chi connectivity index (χ3n) is 2.23. The van der Waals surface area contributed by atoms with E-state index in [1.165, 1.54) is 6.08 Å². The number of hydrogen-bond acceptors (Lipinski definition) is 2. The molecule has 0 aromatic heterocycles. The molecule has 2 N–H and O–H groups in total. The minimum atomic E-state index is -0.997. The van der Waals surface area contributed by atoms with E-state index in [0.29, 0.717) is 13.0 Å². The molecule has 0 saturated heterocycles. The summed E-state index contributed by atoms with van der Waals surface area (Å²) >= 11 is 0. The molecule has 0 aliphatic carbocycles. The van der Waals surface area contributed by atoms with Crippen molar-refractivity contribution in [2.75, 3.05) is 6.54 Å². The standard InChI is InChI=1S/C12H21NO3/c1-3-5-6-7-8-10(12(15)16)9-11(14)13-4-2/h9H,3-8H2,1-2H3,(H,13,14)(H,15,16)/b10-9-. The topological polar surface area (TPSA) is 66.4 Å².